The molecule has 1 rings (SSSR count). The van der Waals surface area contributed by atoms with E-state index in [0.29, 0.717) is 39.1 Å². The van der Waals surface area contributed by atoms with Crippen LogP contribution in [0.25, 0.3) is 0 Å². The van der Waals surface area contributed by atoms with Crippen molar-refractivity contribution in [1.29, 1.82) is 0 Å². The molecule has 14 heavy (non-hydrogen) atoms. The van der Waals surface area contributed by atoms with Gasteiger partial charge in [-0.05, 0) is 0 Å². The van der Waals surface area contributed by atoms with Gasteiger partial charge in [0.2, 0.25) is 0 Å². The molecule has 5 heteroatoms. The molecular weight excluding hydrogens is 186 g/mol. The van der Waals surface area contributed by atoms with Crippen molar-refractivity contribution in [2.24, 2.45) is 0 Å². The Labute approximate surface area is 83.1 Å². The second kappa shape index (κ2) is 5.29. The van der Waals surface area contributed by atoms with Gasteiger partial charge in [-0.1, -0.05) is 0 Å². The van der Waals surface area contributed by atoms with Crippen LogP contribution in [0.1, 0.15) is 19.3 Å². The Balaban J connectivity index is 2.12. The molecule has 3 N–H and O–H groups in total. The summed E-state index contributed by atoms with van der Waals surface area (Å²) in [6.45, 7) is 2.01. The van der Waals surface area contributed by atoms with Crippen LogP contribution in [0.2, 0.25) is 0 Å². The van der Waals surface area contributed by atoms with E-state index in [1.54, 1.807) is 0 Å². The van der Waals surface area contributed by atoms with E-state index in [2.05, 4.69) is 5.32 Å². The molecule has 0 atom stereocenters. The van der Waals surface area contributed by atoms with Crippen molar-refractivity contribution in [2.45, 2.75) is 24.9 Å². The standard InChI is InChI=1S/C9H17NO4/c11-8(12)1-4-10-7-9(13)2-5-14-6-3-9/h10,13H,1-7H2,(H,11,12). The van der Waals surface area contributed by atoms with Crippen LogP contribution in [0.5, 0.6) is 0 Å². The first-order valence-electron chi connectivity index (χ1n) is 4.85. The van der Waals surface area contributed by atoms with Crippen LogP contribution in [0.4, 0.5) is 0 Å². The molecule has 0 bridgehead atoms. The SMILES string of the molecule is O=C(O)CCNCC1(O)CCOCC1. The molecule has 0 radical (unpaired) electrons. The minimum absolute atomic E-state index is 0.0899. The summed E-state index contributed by atoms with van der Waals surface area (Å²) in [6, 6.07) is 0. The predicted molar refractivity (Wildman–Crippen MR) is 50.1 cm³/mol. The summed E-state index contributed by atoms with van der Waals surface area (Å²) in [5.41, 5.74) is -0.712. The maximum absolute atomic E-state index is 10.2. The molecule has 1 aliphatic rings. The van der Waals surface area contributed by atoms with E-state index in [-0.39, 0.29) is 6.42 Å². The summed E-state index contributed by atoms with van der Waals surface area (Å²) in [6.07, 6.45) is 1.33. The number of carboxylic acid groups (broad SMARTS) is 1. The van der Waals surface area contributed by atoms with Crippen molar-refractivity contribution in [3.05, 3.63) is 0 Å². The van der Waals surface area contributed by atoms with Crippen LogP contribution >= 0.6 is 0 Å². The molecule has 1 heterocycles. The van der Waals surface area contributed by atoms with Gasteiger partial charge in [-0.25, -0.2) is 0 Å². The maximum atomic E-state index is 10.2. The van der Waals surface area contributed by atoms with E-state index in [1.165, 1.54) is 0 Å². The monoisotopic (exact) mass is 203 g/mol. The molecule has 0 spiro atoms. The lowest BCUT2D eigenvalue weighted by Crippen LogP contribution is -2.45. The number of aliphatic carboxylic acids is 1. The van der Waals surface area contributed by atoms with Gasteiger partial charge in [-0.3, -0.25) is 4.79 Å². The lowest BCUT2D eigenvalue weighted by atomic mass is 9.94. The average Bonchev–Trinajstić information content (AvgIpc) is 2.14. The number of ether oxygens (including phenoxy) is 1. The molecule has 0 unspecified atom stereocenters. The number of nitrogens with one attached hydrogen (secondary N) is 1. The number of aliphatic hydroxyl groups is 1. The zero-order chi connectivity index (χ0) is 10.4. The van der Waals surface area contributed by atoms with E-state index in [9.17, 15) is 9.90 Å². The highest BCUT2D eigenvalue weighted by atomic mass is 16.5. The number of carbonyl (C=O) groups is 1. The number of hydrogen-bond donors (Lipinski definition) is 3. The Morgan fingerprint density at radius 1 is 1.43 bits per heavy atom. The van der Waals surface area contributed by atoms with E-state index < -0.39 is 11.6 Å². The first kappa shape index (κ1) is 11.4. The van der Waals surface area contributed by atoms with E-state index in [4.69, 9.17) is 9.84 Å². The lowest BCUT2D eigenvalue weighted by Gasteiger charge is -2.32. The molecular formula is C9H17NO4. The van der Waals surface area contributed by atoms with Gasteiger partial charge < -0.3 is 20.3 Å². The fourth-order valence-electron chi connectivity index (χ4n) is 1.44. The van der Waals surface area contributed by atoms with Gasteiger partial charge in [0.1, 0.15) is 0 Å². The molecule has 0 saturated carbocycles. The molecule has 0 amide bonds. The van der Waals surface area contributed by atoms with Crippen molar-refractivity contribution in [3.8, 4) is 0 Å². The van der Waals surface area contributed by atoms with Gasteiger partial charge in [-0.2, -0.15) is 0 Å². The number of rotatable bonds is 5. The third kappa shape index (κ3) is 4.04. The van der Waals surface area contributed by atoms with Crippen LogP contribution < -0.4 is 5.32 Å². The van der Waals surface area contributed by atoms with E-state index >= 15 is 0 Å². The van der Waals surface area contributed by atoms with Gasteiger partial charge in [0.15, 0.2) is 0 Å². The van der Waals surface area contributed by atoms with Crippen LogP contribution in [0.3, 0.4) is 0 Å². The van der Waals surface area contributed by atoms with Crippen molar-refractivity contribution < 1.29 is 19.7 Å². The smallest absolute Gasteiger partial charge is 0.304 e. The Bertz CT molecular complexity index is 189. The third-order valence-corrected chi connectivity index (χ3v) is 2.39. The Morgan fingerprint density at radius 2 is 2.07 bits per heavy atom. The molecule has 1 fully saturated rings. The summed E-state index contributed by atoms with van der Waals surface area (Å²) >= 11 is 0. The summed E-state index contributed by atoms with van der Waals surface area (Å²) in [5.74, 6) is -0.823. The van der Waals surface area contributed by atoms with Crippen LogP contribution in [-0.4, -0.2) is 48.1 Å². The van der Waals surface area contributed by atoms with Crippen LogP contribution in [0, 0.1) is 0 Å². The number of carboxylic acids is 1. The highest BCUT2D eigenvalue weighted by Crippen LogP contribution is 2.18. The van der Waals surface area contributed by atoms with Gasteiger partial charge >= 0.3 is 5.97 Å². The zero-order valence-electron chi connectivity index (χ0n) is 8.16. The minimum atomic E-state index is -0.823. The first-order chi connectivity index (χ1) is 6.62. The van der Waals surface area contributed by atoms with Crippen molar-refractivity contribution >= 4 is 5.97 Å². The van der Waals surface area contributed by atoms with Crippen molar-refractivity contribution in [2.75, 3.05) is 26.3 Å². The van der Waals surface area contributed by atoms with Gasteiger partial charge in [-0.15, -0.1) is 0 Å². The highest BCUT2D eigenvalue weighted by Gasteiger charge is 2.28. The zero-order valence-corrected chi connectivity index (χ0v) is 8.16. The summed E-state index contributed by atoms with van der Waals surface area (Å²) in [5, 5.41) is 21.3. The quantitative estimate of drug-likeness (QED) is 0.529. The van der Waals surface area contributed by atoms with Gasteiger partial charge in [0, 0.05) is 39.1 Å². The Kier molecular flexibility index (Phi) is 4.31. The minimum Gasteiger partial charge on any atom is -0.481 e. The van der Waals surface area contributed by atoms with E-state index in [0.717, 1.165) is 0 Å². The Hall–Kier alpha value is -0.650. The maximum Gasteiger partial charge on any atom is 0.304 e. The fourth-order valence-corrected chi connectivity index (χ4v) is 1.44. The summed E-state index contributed by atoms with van der Waals surface area (Å²) in [7, 11) is 0. The summed E-state index contributed by atoms with van der Waals surface area (Å²) < 4.78 is 5.13. The highest BCUT2D eigenvalue weighted by molar-refractivity contribution is 5.66. The lowest BCUT2D eigenvalue weighted by molar-refractivity contribution is -0.137. The molecule has 82 valence electrons. The second-order valence-electron chi connectivity index (χ2n) is 3.66. The average molecular weight is 203 g/mol. The first-order valence-corrected chi connectivity index (χ1v) is 4.85. The Morgan fingerprint density at radius 3 is 2.64 bits per heavy atom. The van der Waals surface area contributed by atoms with Crippen LogP contribution in [0.15, 0.2) is 0 Å². The molecule has 1 aliphatic heterocycles. The molecule has 0 aromatic rings. The van der Waals surface area contributed by atoms with E-state index in [1.807, 2.05) is 0 Å². The predicted octanol–water partition coefficient (Wildman–Crippen LogP) is -0.408. The third-order valence-electron chi connectivity index (χ3n) is 2.39. The van der Waals surface area contributed by atoms with Crippen molar-refractivity contribution in [3.63, 3.8) is 0 Å². The largest absolute Gasteiger partial charge is 0.481 e. The topological polar surface area (TPSA) is 78.8 Å². The van der Waals surface area contributed by atoms with Gasteiger partial charge in [0.05, 0.1) is 12.0 Å². The normalized spacial score (nSPS) is 20.6. The second-order valence-corrected chi connectivity index (χ2v) is 3.66. The summed E-state index contributed by atoms with van der Waals surface area (Å²) in [4.78, 5) is 10.2. The van der Waals surface area contributed by atoms with Crippen molar-refractivity contribution in [1.82, 2.24) is 5.32 Å². The number of hydrogen-bond acceptors (Lipinski definition) is 4. The molecule has 0 aromatic carbocycles. The molecule has 1 saturated heterocycles. The molecule has 5 nitrogen and oxygen atoms in total. The molecule has 0 aromatic heterocycles. The van der Waals surface area contributed by atoms with Gasteiger partial charge in [0.25, 0.3) is 0 Å². The van der Waals surface area contributed by atoms with Crippen LogP contribution in [-0.2, 0) is 9.53 Å². The molecule has 0 aliphatic carbocycles. The fraction of sp³-hybridized carbons (Fsp3) is 0.889.